The molecule has 3 atom stereocenters. The Hall–Kier alpha value is 0.220. The van der Waals surface area contributed by atoms with Crippen molar-refractivity contribution in [3.63, 3.8) is 0 Å². The lowest BCUT2D eigenvalue weighted by Gasteiger charge is -2.30. The van der Waals surface area contributed by atoms with Gasteiger partial charge in [0.25, 0.3) is 0 Å². The quantitative estimate of drug-likeness (QED) is 0.221. The second-order valence-electron chi connectivity index (χ2n) is 8.30. The first-order chi connectivity index (χ1) is 11.6. The predicted molar refractivity (Wildman–Crippen MR) is 114 cm³/mol. The van der Waals surface area contributed by atoms with Gasteiger partial charge in [0.05, 0.1) is 6.07 Å². The van der Waals surface area contributed by atoms with Crippen LogP contribution in [-0.4, -0.2) is 3.92 Å². The van der Waals surface area contributed by atoms with E-state index in [-0.39, 0.29) is 0 Å². The van der Waals surface area contributed by atoms with Gasteiger partial charge in [-0.05, 0) is 56.3 Å². The maximum absolute atomic E-state index is 9.64. The maximum atomic E-state index is 9.64. The maximum Gasteiger partial charge on any atom is 0.0658 e. The fraction of sp³-hybridized carbons (Fsp3) is 0.955. The van der Waals surface area contributed by atoms with Crippen molar-refractivity contribution in [2.24, 2.45) is 23.7 Å². The van der Waals surface area contributed by atoms with Crippen LogP contribution in [0.3, 0.4) is 0 Å². The van der Waals surface area contributed by atoms with E-state index in [9.17, 15) is 5.26 Å². The molecule has 0 aromatic carbocycles. The van der Waals surface area contributed by atoms with E-state index < -0.39 is 0 Å². The van der Waals surface area contributed by atoms with Crippen LogP contribution in [0.1, 0.15) is 104 Å². The molecule has 0 N–H and O–H groups in total. The van der Waals surface area contributed by atoms with Gasteiger partial charge in [0.15, 0.2) is 0 Å². The zero-order chi connectivity index (χ0) is 17.8. The molecule has 0 amide bonds. The van der Waals surface area contributed by atoms with Crippen LogP contribution in [-0.2, 0) is 0 Å². The Balaban J connectivity index is 2.33. The number of alkyl halides is 1. The molecule has 24 heavy (non-hydrogen) atoms. The lowest BCUT2D eigenvalue weighted by Crippen LogP contribution is -2.20. The van der Waals surface area contributed by atoms with Crippen LogP contribution in [0.15, 0.2) is 0 Å². The van der Waals surface area contributed by atoms with Crippen molar-refractivity contribution in [1.82, 2.24) is 0 Å². The lowest BCUT2D eigenvalue weighted by atomic mass is 9.74. The summed E-state index contributed by atoms with van der Waals surface area (Å²) in [5.74, 6) is 2.77. The number of nitriles is 1. The minimum absolute atomic E-state index is 0.328. The van der Waals surface area contributed by atoms with E-state index in [1.807, 2.05) is 0 Å². The molecule has 0 saturated heterocycles. The van der Waals surface area contributed by atoms with Gasteiger partial charge in [0.1, 0.15) is 0 Å². The molecule has 3 unspecified atom stereocenters. The molecule has 1 rings (SSSR count). The zero-order valence-corrected chi connectivity index (χ0v) is 18.6. The van der Waals surface area contributed by atoms with Gasteiger partial charge >= 0.3 is 0 Å². The molecule has 1 aliphatic carbocycles. The van der Waals surface area contributed by atoms with Crippen LogP contribution in [0.4, 0.5) is 0 Å². The summed E-state index contributed by atoms with van der Waals surface area (Å²) < 4.78 is 0.867. The van der Waals surface area contributed by atoms with Crippen LogP contribution >= 0.6 is 22.6 Å². The molecule has 1 aliphatic rings. The van der Waals surface area contributed by atoms with Crippen molar-refractivity contribution in [3.8, 4) is 6.07 Å². The highest BCUT2D eigenvalue weighted by Crippen LogP contribution is 2.36. The topological polar surface area (TPSA) is 23.8 Å². The second kappa shape index (κ2) is 13.4. The van der Waals surface area contributed by atoms with Crippen LogP contribution in [0, 0.1) is 35.0 Å². The fourth-order valence-corrected chi connectivity index (χ4v) is 5.50. The van der Waals surface area contributed by atoms with Crippen molar-refractivity contribution in [1.29, 1.82) is 5.26 Å². The third kappa shape index (κ3) is 9.07. The molecule has 0 heterocycles. The first-order valence-electron chi connectivity index (χ1n) is 10.6. The van der Waals surface area contributed by atoms with Crippen molar-refractivity contribution in [2.45, 2.75) is 108 Å². The summed E-state index contributed by atoms with van der Waals surface area (Å²) in [6.45, 7) is 6.98. The average molecular weight is 445 g/mol. The van der Waals surface area contributed by atoms with Gasteiger partial charge < -0.3 is 0 Å². The normalized spacial score (nSPS) is 25.0. The summed E-state index contributed by atoms with van der Waals surface area (Å²) in [7, 11) is 0. The van der Waals surface area contributed by atoms with Gasteiger partial charge in [-0.1, -0.05) is 88.3 Å². The summed E-state index contributed by atoms with van der Waals surface area (Å²) >= 11 is 2.64. The molecule has 0 aromatic heterocycles. The summed E-state index contributed by atoms with van der Waals surface area (Å²) in [4.78, 5) is 0. The van der Waals surface area contributed by atoms with Gasteiger partial charge in [0, 0.05) is 9.84 Å². The van der Waals surface area contributed by atoms with Gasteiger partial charge in [0.2, 0.25) is 0 Å². The Bertz CT molecular complexity index is 340. The smallest absolute Gasteiger partial charge is 0.0658 e. The Morgan fingerprint density at radius 1 is 0.917 bits per heavy atom. The number of halogens is 1. The fourth-order valence-electron chi connectivity index (χ4n) is 4.44. The molecule has 1 fully saturated rings. The highest BCUT2D eigenvalue weighted by atomic mass is 127. The minimum atomic E-state index is 0.328. The lowest BCUT2D eigenvalue weighted by molar-refractivity contribution is 0.224. The van der Waals surface area contributed by atoms with E-state index in [0.717, 1.165) is 22.2 Å². The SMILES string of the molecule is CCCC(I)CCCC(CCC)CCC(C#N)C1CCC(C)CC1. The van der Waals surface area contributed by atoms with Gasteiger partial charge in [-0.25, -0.2) is 0 Å². The summed E-state index contributed by atoms with van der Waals surface area (Å²) in [5.41, 5.74) is 0. The van der Waals surface area contributed by atoms with E-state index in [1.54, 1.807) is 0 Å². The summed E-state index contributed by atoms with van der Waals surface area (Å²) in [5, 5.41) is 9.64. The Morgan fingerprint density at radius 2 is 1.58 bits per heavy atom. The van der Waals surface area contributed by atoms with E-state index in [1.165, 1.54) is 77.0 Å². The third-order valence-electron chi connectivity index (χ3n) is 6.11. The van der Waals surface area contributed by atoms with Gasteiger partial charge in [-0.2, -0.15) is 5.26 Å². The highest BCUT2D eigenvalue weighted by Gasteiger charge is 2.26. The van der Waals surface area contributed by atoms with Gasteiger partial charge in [-0.15, -0.1) is 0 Å². The van der Waals surface area contributed by atoms with Crippen molar-refractivity contribution in [2.75, 3.05) is 0 Å². The summed E-state index contributed by atoms with van der Waals surface area (Å²) in [6, 6.07) is 2.67. The molecule has 0 spiro atoms. The summed E-state index contributed by atoms with van der Waals surface area (Å²) in [6.07, 6.45) is 17.2. The largest absolute Gasteiger partial charge is 0.198 e. The number of nitrogens with zero attached hydrogens (tertiary/aromatic N) is 1. The number of hydrogen-bond acceptors (Lipinski definition) is 1. The molecule has 0 aromatic rings. The molecular formula is C22H40IN. The minimum Gasteiger partial charge on any atom is -0.198 e. The van der Waals surface area contributed by atoms with Gasteiger partial charge in [-0.3, -0.25) is 0 Å². The molecule has 1 saturated carbocycles. The Morgan fingerprint density at radius 3 is 2.17 bits per heavy atom. The van der Waals surface area contributed by atoms with Crippen molar-refractivity contribution >= 4 is 22.6 Å². The molecule has 1 nitrogen and oxygen atoms in total. The number of hydrogen-bond donors (Lipinski definition) is 0. The zero-order valence-electron chi connectivity index (χ0n) is 16.4. The number of rotatable bonds is 12. The van der Waals surface area contributed by atoms with Crippen LogP contribution in [0.5, 0.6) is 0 Å². The van der Waals surface area contributed by atoms with Crippen LogP contribution in [0.2, 0.25) is 0 Å². The average Bonchev–Trinajstić information content (AvgIpc) is 2.57. The van der Waals surface area contributed by atoms with E-state index in [4.69, 9.17) is 0 Å². The second-order valence-corrected chi connectivity index (χ2v) is 10.1. The van der Waals surface area contributed by atoms with Crippen LogP contribution < -0.4 is 0 Å². The first kappa shape index (κ1) is 22.3. The van der Waals surface area contributed by atoms with Crippen LogP contribution in [0.25, 0.3) is 0 Å². The molecule has 0 radical (unpaired) electrons. The monoisotopic (exact) mass is 445 g/mol. The third-order valence-corrected chi connectivity index (χ3v) is 7.36. The Labute approximate surface area is 165 Å². The molecule has 2 heteroatoms. The first-order valence-corrected chi connectivity index (χ1v) is 11.9. The molecular weight excluding hydrogens is 405 g/mol. The molecule has 0 bridgehead atoms. The predicted octanol–water partition coefficient (Wildman–Crippen LogP) is 7.92. The van der Waals surface area contributed by atoms with Crippen molar-refractivity contribution in [3.05, 3.63) is 0 Å². The van der Waals surface area contributed by atoms with Crippen molar-refractivity contribution < 1.29 is 0 Å². The standard InChI is InChI=1S/C22H40IN/c1-4-7-19(9-6-10-22(23)8-5-2)13-16-21(17-24)20-14-11-18(3)12-15-20/h18-22H,4-16H2,1-3H3. The highest BCUT2D eigenvalue weighted by molar-refractivity contribution is 14.1. The van der Waals surface area contributed by atoms with E-state index in [0.29, 0.717) is 11.8 Å². The van der Waals surface area contributed by atoms with E-state index in [2.05, 4.69) is 49.4 Å². The van der Waals surface area contributed by atoms with E-state index >= 15 is 0 Å². The molecule has 0 aliphatic heterocycles. The Kier molecular flexibility index (Phi) is 12.5. The molecule has 140 valence electrons.